The Balaban J connectivity index is 1.44. The van der Waals surface area contributed by atoms with Crippen LogP contribution in [0.5, 0.6) is 0 Å². The van der Waals surface area contributed by atoms with Crippen molar-refractivity contribution < 1.29 is 14.6 Å². The number of ether oxygens (including phenoxy) is 1. The van der Waals surface area contributed by atoms with Gasteiger partial charge in [0.25, 0.3) is 0 Å². The third-order valence-electron chi connectivity index (χ3n) is 7.10. The number of carboxylic acids is 1. The number of carbonyl (C=O) groups is 1. The van der Waals surface area contributed by atoms with Crippen LogP contribution in [0.3, 0.4) is 0 Å². The van der Waals surface area contributed by atoms with Crippen molar-refractivity contribution in [1.29, 1.82) is 0 Å². The third-order valence-corrected chi connectivity index (χ3v) is 7.10. The van der Waals surface area contributed by atoms with Gasteiger partial charge in [-0.15, -0.1) is 0 Å². The van der Waals surface area contributed by atoms with Crippen LogP contribution in [0.2, 0.25) is 0 Å². The first-order valence-corrected chi connectivity index (χ1v) is 11.1. The van der Waals surface area contributed by atoms with Crippen molar-refractivity contribution in [3.8, 4) is 0 Å². The van der Waals surface area contributed by atoms with Crippen LogP contribution in [0.4, 0.5) is 0 Å². The van der Waals surface area contributed by atoms with Crippen LogP contribution in [0.25, 0.3) is 0 Å². The van der Waals surface area contributed by atoms with E-state index in [0.717, 1.165) is 36.7 Å². The molecular weight excluding hydrogens is 364 g/mol. The Hall–Kier alpha value is -2.14. The largest absolute Gasteiger partial charge is 0.481 e. The third kappa shape index (κ3) is 3.73. The number of benzene rings is 1. The average Bonchev–Trinajstić information content (AvgIpc) is 3.66. The van der Waals surface area contributed by atoms with Gasteiger partial charge in [0, 0.05) is 31.5 Å². The Morgan fingerprint density at radius 2 is 1.90 bits per heavy atom. The smallest absolute Gasteiger partial charge is 0.316 e. The molecule has 1 unspecified atom stereocenters. The summed E-state index contributed by atoms with van der Waals surface area (Å²) in [7, 11) is 0. The molecule has 3 fully saturated rings. The Morgan fingerprint density at radius 1 is 1.14 bits per heavy atom. The van der Waals surface area contributed by atoms with Crippen molar-refractivity contribution >= 4 is 5.97 Å². The molecule has 3 aliphatic rings. The number of imidazole rings is 1. The van der Waals surface area contributed by atoms with E-state index in [4.69, 9.17) is 4.74 Å². The van der Waals surface area contributed by atoms with Crippen LogP contribution >= 0.6 is 0 Å². The number of nitrogens with zero attached hydrogens (tertiary/aromatic N) is 2. The molecule has 0 amide bonds. The van der Waals surface area contributed by atoms with Crippen molar-refractivity contribution in [2.75, 3.05) is 6.61 Å². The lowest BCUT2D eigenvalue weighted by Crippen LogP contribution is -2.51. The molecule has 0 saturated heterocycles. The van der Waals surface area contributed by atoms with Gasteiger partial charge in [-0.25, -0.2) is 4.98 Å². The summed E-state index contributed by atoms with van der Waals surface area (Å²) in [5, 5.41) is 10.4. The van der Waals surface area contributed by atoms with Crippen molar-refractivity contribution in [1.82, 2.24) is 9.55 Å². The highest BCUT2D eigenvalue weighted by Crippen LogP contribution is 2.47. The number of hydrogen-bond acceptors (Lipinski definition) is 3. The summed E-state index contributed by atoms with van der Waals surface area (Å²) < 4.78 is 8.68. The molecule has 5 nitrogen and oxygen atoms in total. The Kier molecular flexibility index (Phi) is 4.94. The van der Waals surface area contributed by atoms with Crippen LogP contribution in [-0.4, -0.2) is 33.3 Å². The second-order valence-electron chi connectivity index (χ2n) is 9.26. The van der Waals surface area contributed by atoms with Gasteiger partial charge in [0.2, 0.25) is 0 Å². The Labute approximate surface area is 172 Å². The predicted molar refractivity (Wildman–Crippen MR) is 110 cm³/mol. The van der Waals surface area contributed by atoms with Crippen LogP contribution in [0.15, 0.2) is 42.7 Å². The molecule has 0 radical (unpaired) electrons. The van der Waals surface area contributed by atoms with E-state index in [0.29, 0.717) is 18.9 Å². The van der Waals surface area contributed by atoms with E-state index >= 15 is 0 Å². The maximum absolute atomic E-state index is 12.7. The highest BCUT2D eigenvalue weighted by molar-refractivity contribution is 5.82. The first-order chi connectivity index (χ1) is 14.2. The fraction of sp³-hybridized carbons (Fsp3) is 0.583. The van der Waals surface area contributed by atoms with E-state index in [2.05, 4.69) is 15.7 Å². The van der Waals surface area contributed by atoms with Gasteiger partial charge in [-0.2, -0.15) is 0 Å². The monoisotopic (exact) mass is 394 g/mol. The zero-order valence-corrected chi connectivity index (χ0v) is 16.9. The second-order valence-corrected chi connectivity index (χ2v) is 9.26. The van der Waals surface area contributed by atoms with E-state index in [1.165, 1.54) is 25.7 Å². The lowest BCUT2D eigenvalue weighted by Gasteiger charge is -2.43. The summed E-state index contributed by atoms with van der Waals surface area (Å²) in [6.45, 7) is 1.72. The summed E-state index contributed by atoms with van der Waals surface area (Å²) >= 11 is 0. The highest BCUT2D eigenvalue weighted by atomic mass is 16.5. The molecule has 1 heterocycles. The molecule has 3 saturated carbocycles. The number of aliphatic carboxylic acids is 1. The fourth-order valence-electron chi connectivity index (χ4n) is 4.97. The molecule has 2 aromatic rings. The lowest BCUT2D eigenvalue weighted by atomic mass is 9.64. The van der Waals surface area contributed by atoms with Crippen LogP contribution in [0.1, 0.15) is 62.3 Å². The van der Waals surface area contributed by atoms with Crippen molar-refractivity contribution in [3.05, 3.63) is 54.1 Å². The number of rotatable bonds is 8. The van der Waals surface area contributed by atoms with Gasteiger partial charge in [0.1, 0.15) is 11.2 Å². The topological polar surface area (TPSA) is 64.3 Å². The highest BCUT2D eigenvalue weighted by Gasteiger charge is 2.52. The molecule has 5 rings (SSSR count). The number of carboxylic acid groups (broad SMARTS) is 1. The molecule has 3 atom stereocenters. The molecule has 0 spiro atoms. The molecule has 1 aromatic carbocycles. The van der Waals surface area contributed by atoms with Crippen LogP contribution in [-0.2, 0) is 21.5 Å². The first kappa shape index (κ1) is 18.9. The Morgan fingerprint density at radius 3 is 2.59 bits per heavy atom. The van der Waals surface area contributed by atoms with Gasteiger partial charge in [-0.05, 0) is 62.3 Å². The second kappa shape index (κ2) is 7.60. The lowest BCUT2D eigenvalue weighted by molar-refractivity contribution is -0.155. The number of hydrogen-bond donors (Lipinski definition) is 1. The average molecular weight is 395 g/mol. The minimum absolute atomic E-state index is 0.254. The Bertz CT molecular complexity index is 856. The van der Waals surface area contributed by atoms with Crippen molar-refractivity contribution in [3.63, 3.8) is 0 Å². The van der Waals surface area contributed by atoms with E-state index in [-0.39, 0.29) is 12.0 Å². The molecule has 3 aliphatic carbocycles. The normalized spacial score (nSPS) is 29.7. The maximum Gasteiger partial charge on any atom is 0.316 e. The van der Waals surface area contributed by atoms with Gasteiger partial charge in [0.15, 0.2) is 0 Å². The quantitative estimate of drug-likeness (QED) is 0.722. The van der Waals surface area contributed by atoms with Crippen molar-refractivity contribution in [2.45, 2.75) is 68.9 Å². The molecule has 0 aliphatic heterocycles. The van der Waals surface area contributed by atoms with Gasteiger partial charge in [-0.1, -0.05) is 30.3 Å². The van der Waals surface area contributed by atoms with Crippen molar-refractivity contribution in [2.24, 2.45) is 11.8 Å². The SMILES string of the molecule is O=C(O)C1(c2ccccc2)CC[C@H](c2nccn2CC2CC2)C[C@@H]1OCC1CC1. The summed E-state index contributed by atoms with van der Waals surface area (Å²) in [6, 6.07) is 9.73. The summed E-state index contributed by atoms with van der Waals surface area (Å²) in [5.41, 5.74) is -0.103. The molecule has 1 N–H and O–H groups in total. The standard InChI is InChI=1S/C24H30N2O3/c27-23(28)24(20-4-2-1-3-5-20)11-10-19(14-21(24)29-16-18-8-9-18)22-25-12-13-26(22)15-17-6-7-17/h1-5,12-13,17-19,21H,6-11,14-16H2,(H,27,28)/t19-,21-,24?/m0/s1. The minimum Gasteiger partial charge on any atom is -0.481 e. The first-order valence-electron chi connectivity index (χ1n) is 11.1. The number of aromatic nitrogens is 2. The van der Waals surface area contributed by atoms with Gasteiger partial charge in [0.05, 0.1) is 6.10 Å². The summed E-state index contributed by atoms with van der Waals surface area (Å²) in [4.78, 5) is 17.3. The summed E-state index contributed by atoms with van der Waals surface area (Å²) in [6.07, 6.45) is 10.8. The molecule has 154 valence electrons. The van der Waals surface area contributed by atoms with Gasteiger partial charge < -0.3 is 14.4 Å². The maximum atomic E-state index is 12.7. The summed E-state index contributed by atoms with van der Waals surface area (Å²) in [5.74, 6) is 2.00. The zero-order chi connectivity index (χ0) is 19.8. The zero-order valence-electron chi connectivity index (χ0n) is 16.9. The molecule has 0 bridgehead atoms. The van der Waals surface area contributed by atoms with E-state index in [1.807, 2.05) is 36.5 Å². The van der Waals surface area contributed by atoms with Gasteiger partial charge in [-0.3, -0.25) is 4.79 Å². The molecule has 1 aromatic heterocycles. The van der Waals surface area contributed by atoms with E-state index in [9.17, 15) is 9.90 Å². The van der Waals surface area contributed by atoms with E-state index < -0.39 is 11.4 Å². The molecular formula is C24H30N2O3. The molecule has 29 heavy (non-hydrogen) atoms. The predicted octanol–water partition coefficient (Wildman–Crippen LogP) is 4.38. The van der Waals surface area contributed by atoms with E-state index in [1.54, 1.807) is 0 Å². The van der Waals surface area contributed by atoms with Gasteiger partial charge >= 0.3 is 5.97 Å². The van der Waals surface area contributed by atoms with Crippen LogP contribution < -0.4 is 0 Å². The minimum atomic E-state index is -0.972. The fourth-order valence-corrected chi connectivity index (χ4v) is 4.97. The molecule has 5 heteroatoms. The van der Waals surface area contributed by atoms with Crippen LogP contribution in [0, 0.1) is 11.8 Å².